The standard InChI is InChI=1S/C50H85N4O18P2/c1-29(26-51-10)17-15-18-30(2)32(4)23-33(5)42(57)35(7)38(55)24-41(67-14)45-46(71-74(64,65)72-73(61,62)63)49(8,9)50(70-45)25-39(56)34(6)40(69-50)20-16-19-36-27-68-48(53-36)31(3)21-22-52-47(60)44(59)43(58)37(28-66-13)54(11)12/h15-19,23,26-27,31,33-35,37-46,55-59H,20-22,24-25,28H2,1-14H3,(H,52,60)(H,64,65)(H2,61,62,63)/q-1/b17-15+,19-16+,29-26-,30-18+,32-23+/t31-,33+,34-,35-,37-,38-,39+,40-,41-,42+,43-,44-,45+,46-,50?/m0/s1. The van der Waals surface area contributed by atoms with Crippen LogP contribution in [0.4, 0.5) is 0 Å². The highest BCUT2D eigenvalue weighted by atomic mass is 31.3. The second-order valence-corrected chi connectivity index (χ2v) is 23.3. The van der Waals surface area contributed by atoms with Crippen molar-refractivity contribution in [2.45, 2.75) is 161 Å². The van der Waals surface area contributed by atoms with Gasteiger partial charge in [-0.05, 0) is 59.4 Å². The molecule has 9 N–H and O–H groups in total. The van der Waals surface area contributed by atoms with Gasteiger partial charge in [0.05, 0.1) is 43.2 Å². The minimum absolute atomic E-state index is 0.106. The van der Waals surface area contributed by atoms with E-state index in [-0.39, 0.29) is 38.3 Å². The Balaban J connectivity index is 1.82. The minimum atomic E-state index is -5.58. The smallest absolute Gasteiger partial charge is 0.481 e. The summed E-state index contributed by atoms with van der Waals surface area (Å²) in [7, 11) is -3.26. The molecule has 0 aliphatic carbocycles. The number of likely N-dealkylation sites (N-methyl/N-ethyl adjacent to an activating group) is 1. The number of carbonyl (C=O) groups is 1. The molecule has 2 saturated heterocycles. The molecule has 0 radical (unpaired) electrons. The number of aliphatic hydroxyl groups excluding tert-OH is 5. The zero-order valence-corrected chi connectivity index (χ0v) is 47.1. The number of rotatable bonds is 29. The van der Waals surface area contributed by atoms with Crippen molar-refractivity contribution in [3.05, 3.63) is 76.5 Å². The van der Waals surface area contributed by atoms with Crippen LogP contribution in [0.25, 0.3) is 11.4 Å². The first kappa shape index (κ1) is 65.3. The summed E-state index contributed by atoms with van der Waals surface area (Å²) in [5, 5.41) is 62.5. The minimum Gasteiger partial charge on any atom is -0.693 e. The Bertz CT molecular complexity index is 2200. The second-order valence-electron chi connectivity index (χ2n) is 20.5. The maximum atomic E-state index is 13.3. The van der Waals surface area contributed by atoms with Gasteiger partial charge < -0.3 is 79.1 Å². The Hall–Kier alpha value is -2.96. The SMILES string of the molecule is C[N-]\C=C(C)/C=C/C=C(C)/C(C)=C/[C@@H](C)[C@@H](O)[C@@H](C)[C@@H](O)C[C@H](OC)[C@H]1OC2(C[C@@H](O)[C@H](C)[C@H](C/C=C/c3coc([C@@H](C)CCNC(=O)[C@@H](O)[C@@H](O)[C@H](COC)N(C)C)n3)O2)C(C)(C)[C@H]1OP(=O)(O)OP(=O)(O)O. The van der Waals surface area contributed by atoms with Crippen molar-refractivity contribution in [1.29, 1.82) is 0 Å². The molecule has 1 amide bonds. The Labute approximate surface area is 436 Å². The maximum Gasteiger partial charge on any atom is 0.481 e. The van der Waals surface area contributed by atoms with E-state index in [1.54, 1.807) is 72.1 Å². The van der Waals surface area contributed by atoms with Gasteiger partial charge in [0.1, 0.15) is 30.3 Å². The lowest BCUT2D eigenvalue weighted by molar-refractivity contribution is -0.334. The molecular weight excluding hydrogens is 1010 g/mol. The molecule has 2 fully saturated rings. The molecule has 424 valence electrons. The number of ether oxygens (including phenoxy) is 4. The van der Waals surface area contributed by atoms with Gasteiger partial charge in [-0.1, -0.05) is 83.1 Å². The van der Waals surface area contributed by atoms with Crippen molar-refractivity contribution in [3.8, 4) is 0 Å². The summed E-state index contributed by atoms with van der Waals surface area (Å²) >= 11 is 0. The molecule has 3 rings (SSSR count). The van der Waals surface area contributed by atoms with Gasteiger partial charge in [0.2, 0.25) is 0 Å². The highest BCUT2D eigenvalue weighted by Gasteiger charge is 2.68. The van der Waals surface area contributed by atoms with Crippen LogP contribution in [0.3, 0.4) is 0 Å². The molecule has 16 atom stereocenters. The van der Waals surface area contributed by atoms with Gasteiger partial charge in [0, 0.05) is 62.7 Å². The van der Waals surface area contributed by atoms with Crippen molar-refractivity contribution in [1.82, 2.24) is 15.2 Å². The van der Waals surface area contributed by atoms with Crippen molar-refractivity contribution in [2.75, 3.05) is 48.5 Å². The Kier molecular flexibility index (Phi) is 25.2. The molecule has 1 aromatic rings. The Morgan fingerprint density at radius 1 is 1.04 bits per heavy atom. The number of hydrogen-bond donors (Lipinski definition) is 9. The van der Waals surface area contributed by atoms with E-state index in [1.165, 1.54) is 20.5 Å². The average Bonchev–Trinajstić information content (AvgIpc) is 3.86. The number of carbonyl (C=O) groups excluding carboxylic acids is 1. The number of oxazole rings is 1. The Morgan fingerprint density at radius 3 is 2.30 bits per heavy atom. The van der Waals surface area contributed by atoms with E-state index in [2.05, 4.69) is 19.9 Å². The Morgan fingerprint density at radius 2 is 1.70 bits per heavy atom. The monoisotopic (exact) mass is 1090 g/mol. The van der Waals surface area contributed by atoms with Gasteiger partial charge in [-0.25, -0.2) is 14.1 Å². The van der Waals surface area contributed by atoms with Crippen molar-refractivity contribution in [2.24, 2.45) is 23.2 Å². The van der Waals surface area contributed by atoms with E-state index in [9.17, 15) is 54.1 Å². The lowest BCUT2D eigenvalue weighted by Gasteiger charge is -2.50. The van der Waals surface area contributed by atoms with Crippen molar-refractivity contribution in [3.63, 3.8) is 0 Å². The summed E-state index contributed by atoms with van der Waals surface area (Å²) in [6.07, 6.45) is 3.25. The zero-order valence-electron chi connectivity index (χ0n) is 45.3. The van der Waals surface area contributed by atoms with E-state index < -0.39 is 111 Å². The molecule has 74 heavy (non-hydrogen) atoms. The molecule has 1 aromatic heterocycles. The third-order valence-electron chi connectivity index (χ3n) is 14.3. The topological polar surface area (TPSA) is 324 Å². The largest absolute Gasteiger partial charge is 0.693 e. The summed E-state index contributed by atoms with van der Waals surface area (Å²) in [5.74, 6) is -4.05. The number of phosphoric ester groups is 1. The number of aromatic nitrogens is 1. The number of aliphatic hydroxyl groups is 5. The predicted molar refractivity (Wildman–Crippen MR) is 277 cm³/mol. The van der Waals surface area contributed by atoms with E-state index in [0.717, 1.165) is 16.7 Å². The number of amides is 1. The van der Waals surface area contributed by atoms with Gasteiger partial charge in [0.15, 0.2) is 17.8 Å². The normalized spacial score (nSPS) is 27.7. The van der Waals surface area contributed by atoms with Gasteiger partial charge in [0.25, 0.3) is 5.91 Å². The van der Waals surface area contributed by atoms with E-state index in [1.807, 2.05) is 58.9 Å². The quantitative estimate of drug-likeness (QED) is 0.0366. The third kappa shape index (κ3) is 18.1. The number of hydrogen-bond acceptors (Lipinski definition) is 17. The lowest BCUT2D eigenvalue weighted by atomic mass is 9.72. The molecular formula is C50H85N4O18P2-. The predicted octanol–water partition coefficient (Wildman–Crippen LogP) is 5.24. The molecule has 0 bridgehead atoms. The summed E-state index contributed by atoms with van der Waals surface area (Å²) in [6, 6.07) is -0.611. The third-order valence-corrected chi connectivity index (χ3v) is 16.4. The van der Waals surface area contributed by atoms with Crippen LogP contribution in [0.2, 0.25) is 0 Å². The molecule has 0 aromatic carbocycles. The zero-order chi connectivity index (χ0) is 56.1. The summed E-state index contributed by atoms with van der Waals surface area (Å²) in [5.41, 5.74) is 1.82. The van der Waals surface area contributed by atoms with Crippen LogP contribution in [-0.2, 0) is 41.7 Å². The van der Waals surface area contributed by atoms with Gasteiger partial charge >= 0.3 is 15.6 Å². The van der Waals surface area contributed by atoms with Crippen LogP contribution >= 0.6 is 15.6 Å². The maximum absolute atomic E-state index is 13.3. The molecule has 22 nitrogen and oxygen atoms in total. The van der Waals surface area contributed by atoms with Crippen molar-refractivity contribution < 1.29 is 86.3 Å². The first-order valence-corrected chi connectivity index (χ1v) is 27.8. The molecule has 2 unspecified atom stereocenters. The fourth-order valence-corrected chi connectivity index (χ4v) is 11.1. The number of nitrogens with zero attached hydrogens (tertiary/aromatic N) is 3. The number of nitrogens with one attached hydrogen (secondary N) is 1. The van der Waals surface area contributed by atoms with Crippen LogP contribution in [0, 0.1) is 23.2 Å². The van der Waals surface area contributed by atoms with Crippen LogP contribution in [-0.4, -0.2) is 171 Å². The fourth-order valence-electron chi connectivity index (χ4n) is 9.21. The van der Waals surface area contributed by atoms with Crippen LogP contribution in [0.5, 0.6) is 0 Å². The average molecular weight is 1090 g/mol. The molecule has 2 aliphatic heterocycles. The highest BCUT2D eigenvalue weighted by molar-refractivity contribution is 7.60. The van der Waals surface area contributed by atoms with Gasteiger partial charge in [-0.3, -0.25) is 9.32 Å². The number of allylic oxidation sites excluding steroid dienone is 6. The van der Waals surface area contributed by atoms with E-state index in [0.29, 0.717) is 18.0 Å². The van der Waals surface area contributed by atoms with Crippen LogP contribution in [0.1, 0.15) is 105 Å². The van der Waals surface area contributed by atoms with Crippen LogP contribution in [0.15, 0.2) is 64.0 Å². The summed E-state index contributed by atoms with van der Waals surface area (Å²) in [4.78, 5) is 48.6. The first-order chi connectivity index (χ1) is 34.3. The first-order valence-electron chi connectivity index (χ1n) is 24.8. The van der Waals surface area contributed by atoms with E-state index >= 15 is 0 Å². The molecule has 3 heterocycles. The number of methoxy groups -OCH3 is 2. The summed E-state index contributed by atoms with van der Waals surface area (Å²) in [6.45, 7) is 16.4. The molecule has 0 saturated carbocycles. The van der Waals surface area contributed by atoms with Crippen molar-refractivity contribution >= 4 is 27.6 Å². The second kappa shape index (κ2) is 28.6. The molecule has 1 spiro atoms. The van der Waals surface area contributed by atoms with E-state index in [4.69, 9.17) is 27.9 Å². The fraction of sp³-hybridized carbons (Fsp3) is 0.720. The summed E-state index contributed by atoms with van der Waals surface area (Å²) < 4.78 is 65.1. The van der Waals surface area contributed by atoms with Crippen LogP contribution < -0.4 is 5.32 Å². The molecule has 2 aliphatic rings. The highest BCUT2D eigenvalue weighted by Crippen LogP contribution is 2.63. The van der Waals surface area contributed by atoms with Gasteiger partial charge in [-0.2, -0.15) is 10.5 Å². The molecule has 24 heteroatoms. The lowest BCUT2D eigenvalue weighted by Crippen LogP contribution is -2.58. The number of phosphoric acid groups is 2. The van der Waals surface area contributed by atoms with Gasteiger partial charge in [-0.15, -0.1) is 7.05 Å².